The van der Waals surface area contributed by atoms with Crippen LogP contribution in [-0.4, -0.2) is 73.1 Å². The fourth-order valence-corrected chi connectivity index (χ4v) is 2.98. The number of nitrogens with one attached hydrogen (secondary N) is 2. The molecule has 0 aromatic rings. The second-order valence-electron chi connectivity index (χ2n) is 5.47. The average molecular weight is 283 g/mol. The molecule has 3 amide bonds. The van der Waals surface area contributed by atoms with Gasteiger partial charge in [0.25, 0.3) is 0 Å². The van der Waals surface area contributed by atoms with Crippen molar-refractivity contribution in [3.8, 4) is 0 Å². The third-order valence-corrected chi connectivity index (χ3v) is 4.20. The van der Waals surface area contributed by atoms with Crippen molar-refractivity contribution in [2.24, 2.45) is 5.73 Å². The molecule has 2 aliphatic rings. The molecule has 2 aliphatic heterocycles. The molecule has 20 heavy (non-hydrogen) atoms. The van der Waals surface area contributed by atoms with Crippen molar-refractivity contribution in [1.82, 2.24) is 20.4 Å². The van der Waals surface area contributed by atoms with Crippen LogP contribution in [0.4, 0.5) is 4.79 Å². The lowest BCUT2D eigenvalue weighted by Gasteiger charge is -2.33. The number of nitrogens with zero attached hydrogens (tertiary/aromatic N) is 2. The highest BCUT2D eigenvalue weighted by Crippen LogP contribution is 2.15. The SMILES string of the molecule is CCN1CCCC1CNC(=O)N1CCNC(C(N)=O)C1. The fourth-order valence-electron chi connectivity index (χ4n) is 2.98. The van der Waals surface area contributed by atoms with Crippen LogP contribution in [0, 0.1) is 0 Å². The molecule has 114 valence electrons. The molecule has 2 fully saturated rings. The van der Waals surface area contributed by atoms with E-state index in [1.807, 2.05) is 0 Å². The molecular formula is C13H25N5O2. The number of hydrogen-bond donors (Lipinski definition) is 3. The first-order valence-electron chi connectivity index (χ1n) is 7.41. The van der Waals surface area contributed by atoms with Crippen LogP contribution in [0.3, 0.4) is 0 Å². The molecule has 0 bridgehead atoms. The van der Waals surface area contributed by atoms with Gasteiger partial charge in [-0.1, -0.05) is 6.92 Å². The van der Waals surface area contributed by atoms with Gasteiger partial charge < -0.3 is 21.3 Å². The number of primary amides is 1. The molecule has 0 saturated carbocycles. The number of urea groups is 1. The zero-order valence-corrected chi connectivity index (χ0v) is 12.1. The third kappa shape index (κ3) is 3.61. The number of carbonyl (C=O) groups excluding carboxylic acids is 2. The molecule has 0 aromatic heterocycles. The Morgan fingerprint density at radius 2 is 2.20 bits per heavy atom. The van der Waals surface area contributed by atoms with Gasteiger partial charge in [-0.15, -0.1) is 0 Å². The van der Waals surface area contributed by atoms with E-state index in [0.717, 1.165) is 19.5 Å². The molecule has 0 spiro atoms. The highest BCUT2D eigenvalue weighted by Gasteiger charge is 2.28. The van der Waals surface area contributed by atoms with Crippen LogP contribution in [0.2, 0.25) is 0 Å². The maximum absolute atomic E-state index is 12.1. The predicted molar refractivity (Wildman–Crippen MR) is 76.2 cm³/mol. The summed E-state index contributed by atoms with van der Waals surface area (Å²) in [7, 11) is 0. The van der Waals surface area contributed by atoms with E-state index >= 15 is 0 Å². The summed E-state index contributed by atoms with van der Waals surface area (Å²) < 4.78 is 0. The summed E-state index contributed by atoms with van der Waals surface area (Å²) >= 11 is 0. The third-order valence-electron chi connectivity index (χ3n) is 4.20. The number of likely N-dealkylation sites (tertiary alicyclic amines) is 1. The van der Waals surface area contributed by atoms with Crippen LogP contribution >= 0.6 is 0 Å². The summed E-state index contributed by atoms with van der Waals surface area (Å²) in [6.07, 6.45) is 2.34. The van der Waals surface area contributed by atoms with Crippen LogP contribution in [0.1, 0.15) is 19.8 Å². The van der Waals surface area contributed by atoms with Crippen LogP contribution < -0.4 is 16.4 Å². The number of amides is 3. The van der Waals surface area contributed by atoms with E-state index in [2.05, 4.69) is 22.5 Å². The van der Waals surface area contributed by atoms with E-state index in [1.165, 1.54) is 6.42 Å². The largest absolute Gasteiger partial charge is 0.368 e. The predicted octanol–water partition coefficient (Wildman–Crippen LogP) is -1.06. The zero-order valence-electron chi connectivity index (χ0n) is 12.1. The fraction of sp³-hybridized carbons (Fsp3) is 0.846. The molecule has 7 nitrogen and oxygen atoms in total. The Labute approximate surface area is 119 Å². The first kappa shape index (κ1) is 15.1. The molecule has 2 saturated heterocycles. The summed E-state index contributed by atoms with van der Waals surface area (Å²) in [4.78, 5) is 27.4. The van der Waals surface area contributed by atoms with E-state index in [9.17, 15) is 9.59 Å². The van der Waals surface area contributed by atoms with Gasteiger partial charge in [-0.05, 0) is 25.9 Å². The van der Waals surface area contributed by atoms with Gasteiger partial charge in [0.2, 0.25) is 5.91 Å². The minimum Gasteiger partial charge on any atom is -0.368 e. The van der Waals surface area contributed by atoms with Crippen molar-refractivity contribution in [2.75, 3.05) is 39.3 Å². The summed E-state index contributed by atoms with van der Waals surface area (Å²) in [5.74, 6) is -0.407. The lowest BCUT2D eigenvalue weighted by atomic mass is 10.2. The van der Waals surface area contributed by atoms with Gasteiger partial charge in [0, 0.05) is 32.2 Å². The van der Waals surface area contributed by atoms with Gasteiger partial charge >= 0.3 is 6.03 Å². The van der Waals surface area contributed by atoms with Crippen LogP contribution in [0.25, 0.3) is 0 Å². The van der Waals surface area contributed by atoms with Crippen molar-refractivity contribution >= 4 is 11.9 Å². The Hall–Kier alpha value is -1.34. The van der Waals surface area contributed by atoms with Crippen molar-refractivity contribution in [2.45, 2.75) is 31.8 Å². The molecule has 0 aromatic carbocycles. The first-order chi connectivity index (χ1) is 9.61. The smallest absolute Gasteiger partial charge is 0.317 e. The lowest BCUT2D eigenvalue weighted by molar-refractivity contribution is -0.120. The lowest BCUT2D eigenvalue weighted by Crippen LogP contribution is -2.59. The van der Waals surface area contributed by atoms with E-state index in [0.29, 0.717) is 32.2 Å². The van der Waals surface area contributed by atoms with E-state index in [1.54, 1.807) is 4.90 Å². The second-order valence-corrected chi connectivity index (χ2v) is 5.47. The average Bonchev–Trinajstić information content (AvgIpc) is 2.92. The number of likely N-dealkylation sites (N-methyl/N-ethyl adjacent to an activating group) is 1. The standard InChI is InChI=1S/C13H25N5O2/c1-2-17-6-3-4-10(17)8-16-13(20)18-7-5-15-11(9-18)12(14)19/h10-11,15H,2-9H2,1H3,(H2,14,19)(H,16,20). The van der Waals surface area contributed by atoms with E-state index in [-0.39, 0.29) is 6.03 Å². The van der Waals surface area contributed by atoms with Gasteiger partial charge in [0.1, 0.15) is 6.04 Å². The minimum atomic E-state index is -0.437. The number of hydrogen-bond acceptors (Lipinski definition) is 4. The Bertz CT molecular complexity index is 363. The number of nitrogens with two attached hydrogens (primary N) is 1. The quantitative estimate of drug-likeness (QED) is 0.613. The van der Waals surface area contributed by atoms with Crippen molar-refractivity contribution in [3.05, 3.63) is 0 Å². The summed E-state index contributed by atoms with van der Waals surface area (Å²) in [6, 6.07) is -0.0902. The Morgan fingerprint density at radius 1 is 1.40 bits per heavy atom. The van der Waals surface area contributed by atoms with Crippen molar-refractivity contribution < 1.29 is 9.59 Å². The molecule has 2 atom stereocenters. The van der Waals surface area contributed by atoms with E-state index < -0.39 is 11.9 Å². The number of carbonyl (C=O) groups is 2. The molecule has 4 N–H and O–H groups in total. The molecule has 2 unspecified atom stereocenters. The first-order valence-corrected chi connectivity index (χ1v) is 7.41. The second kappa shape index (κ2) is 6.90. The Kier molecular flexibility index (Phi) is 5.19. The zero-order chi connectivity index (χ0) is 14.5. The van der Waals surface area contributed by atoms with Crippen LogP contribution in [-0.2, 0) is 4.79 Å². The normalized spacial score (nSPS) is 27.6. The molecule has 2 heterocycles. The van der Waals surface area contributed by atoms with Gasteiger partial charge in [-0.2, -0.15) is 0 Å². The molecule has 0 radical (unpaired) electrons. The Morgan fingerprint density at radius 3 is 2.90 bits per heavy atom. The number of piperazine rings is 1. The van der Waals surface area contributed by atoms with Gasteiger partial charge in [-0.3, -0.25) is 9.69 Å². The maximum atomic E-state index is 12.1. The Balaban J connectivity index is 1.78. The molecule has 2 rings (SSSR count). The van der Waals surface area contributed by atoms with Crippen LogP contribution in [0.15, 0.2) is 0 Å². The maximum Gasteiger partial charge on any atom is 0.317 e. The summed E-state index contributed by atoms with van der Waals surface area (Å²) in [6.45, 7) is 6.53. The van der Waals surface area contributed by atoms with E-state index in [4.69, 9.17) is 5.73 Å². The van der Waals surface area contributed by atoms with Crippen LogP contribution in [0.5, 0.6) is 0 Å². The summed E-state index contributed by atoms with van der Waals surface area (Å²) in [5, 5.41) is 6.00. The molecular weight excluding hydrogens is 258 g/mol. The van der Waals surface area contributed by atoms with Crippen molar-refractivity contribution in [3.63, 3.8) is 0 Å². The molecule has 7 heteroatoms. The minimum absolute atomic E-state index is 0.0966. The monoisotopic (exact) mass is 283 g/mol. The van der Waals surface area contributed by atoms with Gasteiger partial charge in [0.05, 0.1) is 0 Å². The highest BCUT2D eigenvalue weighted by atomic mass is 16.2. The topological polar surface area (TPSA) is 90.7 Å². The summed E-state index contributed by atoms with van der Waals surface area (Å²) in [5.41, 5.74) is 5.27. The number of rotatable bonds is 4. The van der Waals surface area contributed by atoms with Crippen molar-refractivity contribution in [1.29, 1.82) is 0 Å². The molecule has 0 aliphatic carbocycles. The van der Waals surface area contributed by atoms with Gasteiger partial charge in [0.15, 0.2) is 0 Å². The highest BCUT2D eigenvalue weighted by molar-refractivity contribution is 5.82. The van der Waals surface area contributed by atoms with Gasteiger partial charge in [-0.25, -0.2) is 4.79 Å².